The minimum atomic E-state index is -0.275. The van der Waals surface area contributed by atoms with E-state index in [9.17, 15) is 9.59 Å². The van der Waals surface area contributed by atoms with Crippen molar-refractivity contribution >= 4 is 22.9 Å². The molecule has 108 valence electrons. The van der Waals surface area contributed by atoms with E-state index in [1.54, 1.807) is 0 Å². The molecular formula is C16H21NO2S. The minimum absolute atomic E-state index is 0.170. The Morgan fingerprint density at radius 3 is 2.20 bits per heavy atom. The number of carbonyl (C=O) groups is 2. The first-order valence-corrected chi connectivity index (χ1v) is 7.81. The summed E-state index contributed by atoms with van der Waals surface area (Å²) in [5.41, 5.74) is 2.77. The summed E-state index contributed by atoms with van der Waals surface area (Å²) < 4.78 is 0. The molecule has 1 aliphatic rings. The van der Waals surface area contributed by atoms with Gasteiger partial charge in [0.15, 0.2) is 0 Å². The van der Waals surface area contributed by atoms with E-state index in [0.29, 0.717) is 11.8 Å². The van der Waals surface area contributed by atoms with Crippen LogP contribution in [0.4, 0.5) is 4.79 Å². The lowest BCUT2D eigenvalue weighted by molar-refractivity contribution is -0.118. The van der Waals surface area contributed by atoms with E-state index < -0.39 is 0 Å². The number of nitrogens with one attached hydrogen (secondary N) is 1. The predicted molar refractivity (Wildman–Crippen MR) is 82.8 cm³/mol. The van der Waals surface area contributed by atoms with E-state index in [-0.39, 0.29) is 16.4 Å². The van der Waals surface area contributed by atoms with Crippen LogP contribution < -0.4 is 5.32 Å². The highest BCUT2D eigenvalue weighted by Gasteiger charge is 2.31. The SMILES string of the molecule is CC(C)(C)CCc1ccc(CC2SC(=O)NC2=O)cc1. The molecule has 0 aliphatic carbocycles. The Hall–Kier alpha value is -1.29. The predicted octanol–water partition coefficient (Wildman–Crippen LogP) is 3.56. The molecule has 2 amide bonds. The number of carbonyl (C=O) groups excluding carboxylic acids is 2. The van der Waals surface area contributed by atoms with Gasteiger partial charge in [0.2, 0.25) is 5.91 Å². The molecule has 1 unspecified atom stereocenters. The lowest BCUT2D eigenvalue weighted by atomic mass is 9.88. The quantitative estimate of drug-likeness (QED) is 0.922. The van der Waals surface area contributed by atoms with Crippen LogP contribution in [0.1, 0.15) is 38.3 Å². The second-order valence-electron chi connectivity index (χ2n) is 6.46. The topological polar surface area (TPSA) is 46.2 Å². The third-order valence-corrected chi connectivity index (χ3v) is 4.36. The first-order chi connectivity index (χ1) is 9.33. The molecule has 1 heterocycles. The Morgan fingerprint density at radius 2 is 1.70 bits per heavy atom. The maximum atomic E-state index is 11.5. The van der Waals surface area contributed by atoms with Gasteiger partial charge in [0.25, 0.3) is 5.24 Å². The highest BCUT2D eigenvalue weighted by molar-refractivity contribution is 8.15. The summed E-state index contributed by atoms with van der Waals surface area (Å²) in [6.45, 7) is 6.73. The van der Waals surface area contributed by atoms with Gasteiger partial charge in [0.1, 0.15) is 0 Å². The fourth-order valence-corrected chi connectivity index (χ4v) is 2.96. The molecule has 2 rings (SSSR count). The van der Waals surface area contributed by atoms with Crippen molar-refractivity contribution < 1.29 is 9.59 Å². The van der Waals surface area contributed by atoms with Crippen molar-refractivity contribution in [3.8, 4) is 0 Å². The zero-order valence-electron chi connectivity index (χ0n) is 12.2. The molecule has 0 bridgehead atoms. The van der Waals surface area contributed by atoms with Crippen molar-refractivity contribution in [2.75, 3.05) is 0 Å². The molecule has 1 N–H and O–H groups in total. The van der Waals surface area contributed by atoms with Crippen molar-refractivity contribution in [3.05, 3.63) is 35.4 Å². The molecular weight excluding hydrogens is 270 g/mol. The summed E-state index contributed by atoms with van der Waals surface area (Å²) in [5, 5.41) is 1.81. The first kappa shape index (κ1) is 15.1. The monoisotopic (exact) mass is 291 g/mol. The second kappa shape index (κ2) is 6.00. The summed E-state index contributed by atoms with van der Waals surface area (Å²) in [4.78, 5) is 22.6. The maximum absolute atomic E-state index is 11.5. The van der Waals surface area contributed by atoms with Crippen molar-refractivity contribution in [3.63, 3.8) is 0 Å². The lowest BCUT2D eigenvalue weighted by Crippen LogP contribution is -2.25. The van der Waals surface area contributed by atoms with E-state index in [0.717, 1.165) is 30.2 Å². The van der Waals surface area contributed by atoms with Crippen molar-refractivity contribution in [1.82, 2.24) is 5.32 Å². The van der Waals surface area contributed by atoms with Crippen LogP contribution in [0.5, 0.6) is 0 Å². The molecule has 1 aromatic carbocycles. The van der Waals surface area contributed by atoms with Crippen LogP contribution >= 0.6 is 11.8 Å². The molecule has 0 radical (unpaired) electrons. The molecule has 0 saturated carbocycles. The van der Waals surface area contributed by atoms with E-state index in [1.807, 2.05) is 0 Å². The molecule has 1 atom stereocenters. The largest absolute Gasteiger partial charge is 0.286 e. The van der Waals surface area contributed by atoms with Gasteiger partial charge in [-0.05, 0) is 35.8 Å². The van der Waals surface area contributed by atoms with Gasteiger partial charge < -0.3 is 0 Å². The smallest absolute Gasteiger partial charge is 0.286 e. The Morgan fingerprint density at radius 1 is 1.10 bits per heavy atom. The second-order valence-corrected chi connectivity index (χ2v) is 7.64. The Labute approximate surface area is 124 Å². The highest BCUT2D eigenvalue weighted by atomic mass is 32.2. The average Bonchev–Trinajstić information content (AvgIpc) is 2.66. The molecule has 4 heteroatoms. The third kappa shape index (κ3) is 4.37. The fraction of sp³-hybridized carbons (Fsp3) is 0.500. The van der Waals surface area contributed by atoms with Gasteiger partial charge in [-0.25, -0.2) is 0 Å². The number of hydrogen-bond donors (Lipinski definition) is 1. The average molecular weight is 291 g/mol. The van der Waals surface area contributed by atoms with E-state index >= 15 is 0 Å². The van der Waals surface area contributed by atoms with E-state index in [4.69, 9.17) is 0 Å². The van der Waals surface area contributed by atoms with Gasteiger partial charge in [-0.2, -0.15) is 0 Å². The Bertz CT molecular complexity index is 502. The molecule has 0 spiro atoms. The van der Waals surface area contributed by atoms with Gasteiger partial charge in [0.05, 0.1) is 5.25 Å². The van der Waals surface area contributed by atoms with Crippen LogP contribution in [0, 0.1) is 5.41 Å². The molecule has 1 aliphatic heterocycles. The number of hydrogen-bond acceptors (Lipinski definition) is 3. The normalized spacial score (nSPS) is 19.2. The number of imide groups is 1. The maximum Gasteiger partial charge on any atom is 0.286 e. The number of thioether (sulfide) groups is 1. The third-order valence-electron chi connectivity index (χ3n) is 3.37. The van der Waals surface area contributed by atoms with Crippen LogP contribution in [0.25, 0.3) is 0 Å². The molecule has 1 saturated heterocycles. The van der Waals surface area contributed by atoms with Gasteiger partial charge in [0, 0.05) is 0 Å². The highest BCUT2D eigenvalue weighted by Crippen LogP contribution is 2.24. The fourth-order valence-electron chi connectivity index (χ4n) is 2.10. The van der Waals surface area contributed by atoms with Crippen LogP contribution in [-0.4, -0.2) is 16.4 Å². The zero-order chi connectivity index (χ0) is 14.8. The minimum Gasteiger partial charge on any atom is -0.286 e. The molecule has 3 nitrogen and oxygen atoms in total. The molecule has 0 aromatic heterocycles. The molecule has 1 aromatic rings. The summed E-state index contributed by atoms with van der Waals surface area (Å²) in [5.74, 6) is -0.170. The van der Waals surface area contributed by atoms with E-state index in [1.165, 1.54) is 5.56 Å². The number of rotatable bonds is 4. The lowest BCUT2D eigenvalue weighted by Gasteiger charge is -2.17. The molecule has 20 heavy (non-hydrogen) atoms. The van der Waals surface area contributed by atoms with Crippen LogP contribution in [-0.2, 0) is 17.6 Å². The summed E-state index contributed by atoms with van der Waals surface area (Å²) in [6, 6.07) is 8.38. The van der Waals surface area contributed by atoms with E-state index in [2.05, 4.69) is 50.4 Å². The Kier molecular flexibility index (Phi) is 4.53. The first-order valence-electron chi connectivity index (χ1n) is 6.93. The summed E-state index contributed by atoms with van der Waals surface area (Å²) >= 11 is 1.09. The molecule has 1 fully saturated rings. The summed E-state index contributed by atoms with van der Waals surface area (Å²) in [6.07, 6.45) is 2.84. The van der Waals surface area contributed by atoms with Crippen molar-refractivity contribution in [2.24, 2.45) is 5.41 Å². The van der Waals surface area contributed by atoms with Gasteiger partial charge in [-0.15, -0.1) is 0 Å². The number of aryl methyl sites for hydroxylation is 1. The Balaban J connectivity index is 1.92. The van der Waals surface area contributed by atoms with Gasteiger partial charge in [-0.3, -0.25) is 14.9 Å². The number of benzene rings is 1. The van der Waals surface area contributed by atoms with Crippen LogP contribution in [0.2, 0.25) is 0 Å². The van der Waals surface area contributed by atoms with Gasteiger partial charge >= 0.3 is 0 Å². The zero-order valence-corrected chi connectivity index (χ0v) is 13.0. The summed E-state index contributed by atoms with van der Waals surface area (Å²) in [7, 11) is 0. The standard InChI is InChI=1S/C16H21NO2S/c1-16(2,3)9-8-11-4-6-12(7-5-11)10-13-14(18)17-15(19)20-13/h4-7,13H,8-10H2,1-3H3,(H,17,18,19). The van der Waals surface area contributed by atoms with Crippen molar-refractivity contribution in [2.45, 2.75) is 45.3 Å². The van der Waals surface area contributed by atoms with Gasteiger partial charge in [-0.1, -0.05) is 56.8 Å². The van der Waals surface area contributed by atoms with Crippen molar-refractivity contribution in [1.29, 1.82) is 0 Å². The number of amides is 2. The van der Waals surface area contributed by atoms with Crippen LogP contribution in [0.3, 0.4) is 0 Å². The van der Waals surface area contributed by atoms with Crippen LogP contribution in [0.15, 0.2) is 24.3 Å².